The molecule has 0 atom stereocenters. The monoisotopic (exact) mass is 1160 g/mol. The maximum absolute atomic E-state index is 17.0. The summed E-state index contributed by atoms with van der Waals surface area (Å²) < 4.78 is 71.3. The van der Waals surface area contributed by atoms with Crippen molar-refractivity contribution in [3.8, 4) is 16.9 Å². The Morgan fingerprint density at radius 1 is 0.896 bits per heavy atom. The largest absolute Gasteiger partial charge is 0.508 e. The topological polar surface area (TPSA) is 259 Å². The van der Waals surface area contributed by atoms with Crippen LogP contribution in [0.2, 0.25) is 5.02 Å². The van der Waals surface area contributed by atoms with Crippen molar-refractivity contribution >= 4 is 112 Å². The van der Waals surface area contributed by atoms with Gasteiger partial charge in [-0.25, -0.2) is 31.9 Å². The van der Waals surface area contributed by atoms with Gasteiger partial charge in [0.1, 0.15) is 28.7 Å². The molecule has 0 spiro atoms. The summed E-state index contributed by atoms with van der Waals surface area (Å²) in [6, 6.07) is 21.7. The lowest BCUT2D eigenvalue weighted by Crippen LogP contribution is -2.48. The van der Waals surface area contributed by atoms with Crippen molar-refractivity contribution in [1.29, 1.82) is 0 Å². The third-order valence-corrected chi connectivity index (χ3v) is 14.6. The number of piperazine rings is 1. The van der Waals surface area contributed by atoms with E-state index in [2.05, 4.69) is 58.1 Å². The molecule has 25 heteroatoms. The van der Waals surface area contributed by atoms with Gasteiger partial charge in [0, 0.05) is 82.1 Å². The highest BCUT2D eigenvalue weighted by Crippen LogP contribution is 2.42. The van der Waals surface area contributed by atoms with Gasteiger partial charge in [-0.1, -0.05) is 48.5 Å². The molecule has 8 rings (SSSR count). The number of likely N-dealkylation sites (N-methyl/N-ethyl adjacent to an activating group) is 1. The molecule has 20 nitrogen and oxygen atoms in total. The fourth-order valence-corrected chi connectivity index (χ4v) is 9.93. The molecule has 402 valence electrons. The van der Waals surface area contributed by atoms with E-state index in [-0.39, 0.29) is 120 Å². The molecule has 5 aromatic carbocycles. The second-order valence-electron chi connectivity index (χ2n) is 17.4. The lowest BCUT2D eigenvalue weighted by Gasteiger charge is -2.35. The summed E-state index contributed by atoms with van der Waals surface area (Å²) in [5.74, 6) is -2.14. The number of phenols is 1. The molecular weight excluding hydrogens is 1110 g/mol. The van der Waals surface area contributed by atoms with E-state index in [1.807, 2.05) is 29.2 Å². The number of aromatic hydroxyl groups is 1. The van der Waals surface area contributed by atoms with Gasteiger partial charge in [0.2, 0.25) is 33.7 Å². The summed E-state index contributed by atoms with van der Waals surface area (Å²) in [5, 5.41) is 21.3. The van der Waals surface area contributed by atoms with Gasteiger partial charge < -0.3 is 51.0 Å². The van der Waals surface area contributed by atoms with Crippen molar-refractivity contribution in [2.75, 3.05) is 100 Å². The van der Waals surface area contributed by atoms with Crippen molar-refractivity contribution in [3.05, 3.63) is 130 Å². The number of carbonyl (C=O) groups excluding carboxylic acids is 3. The third kappa shape index (κ3) is 13.5. The molecule has 3 heterocycles. The van der Waals surface area contributed by atoms with E-state index in [9.17, 15) is 32.3 Å². The van der Waals surface area contributed by atoms with Crippen molar-refractivity contribution < 1.29 is 46.2 Å². The van der Waals surface area contributed by atoms with Crippen LogP contribution in [0.15, 0.2) is 113 Å². The molecule has 1 saturated heterocycles. The predicted molar refractivity (Wildman–Crippen MR) is 293 cm³/mol. The number of primary amides is 1. The Bertz CT molecular complexity index is 3470. The Balaban J connectivity index is 0.780. The molecule has 1 fully saturated rings. The first-order chi connectivity index (χ1) is 37.0. The quantitative estimate of drug-likeness (QED) is 0.0271. The summed E-state index contributed by atoms with van der Waals surface area (Å²) in [6.07, 6.45) is 2.74. The van der Waals surface area contributed by atoms with Gasteiger partial charge >= 0.3 is 0 Å². The molecule has 2 aromatic heterocycles. The first-order valence-corrected chi connectivity index (χ1v) is 26.6. The zero-order chi connectivity index (χ0) is 54.8. The van der Waals surface area contributed by atoms with Gasteiger partial charge in [-0.05, 0) is 92.9 Å². The summed E-state index contributed by atoms with van der Waals surface area (Å²) in [4.78, 5) is 60.4. The molecule has 7 N–H and O–H groups in total. The number of nitrogens with zero attached hydrogens (tertiary/aromatic N) is 7. The molecule has 0 radical (unpaired) electrons. The maximum atomic E-state index is 17.0. The van der Waals surface area contributed by atoms with Crippen LogP contribution in [-0.2, 0) is 29.1 Å². The summed E-state index contributed by atoms with van der Waals surface area (Å²) in [7, 11) is -2.25. The zero-order valence-electron chi connectivity index (χ0n) is 41.4. The van der Waals surface area contributed by atoms with Crippen molar-refractivity contribution in [2.45, 2.75) is 11.3 Å². The molecule has 3 amide bonds. The summed E-state index contributed by atoms with van der Waals surface area (Å²) in [5.41, 5.74) is 6.02. The Hall–Kier alpha value is -7.61. The van der Waals surface area contributed by atoms with Crippen LogP contribution in [0.3, 0.4) is 0 Å². The molecule has 1 aliphatic heterocycles. The fraction of sp³-hybridized carbons (Fsp3) is 0.250. The van der Waals surface area contributed by atoms with E-state index < -0.39 is 27.6 Å². The SMILES string of the molecule is C=CC(=O)N1CCN(c2nc(NCCC(=O)N(C)CCOCCOCCNS(=O)(=O)c3ccc(Nc4ncc(Br)c(Nc5cccc(F)c5C(N)=O)n4)cc3)nc3c(F)c(-c4cc(O)cc5ccccc45)c(Cl)cc23)CC1. The van der Waals surface area contributed by atoms with E-state index in [0.29, 0.717) is 63.9 Å². The Labute approximate surface area is 454 Å². The zero-order valence-corrected chi connectivity index (χ0v) is 44.5. The number of ether oxygens (including phenoxy) is 2. The highest BCUT2D eigenvalue weighted by atomic mass is 79.9. The average molecular weight is 1160 g/mol. The minimum absolute atomic E-state index is 0.00183. The van der Waals surface area contributed by atoms with Gasteiger partial charge in [-0.3, -0.25) is 14.4 Å². The minimum Gasteiger partial charge on any atom is -0.508 e. The smallest absolute Gasteiger partial charge is 0.253 e. The number of fused-ring (bicyclic) bond motifs is 2. The van der Waals surface area contributed by atoms with Crippen molar-refractivity contribution in [1.82, 2.24) is 34.5 Å². The normalized spacial score (nSPS) is 12.7. The number of anilines is 6. The van der Waals surface area contributed by atoms with Gasteiger partial charge in [0.05, 0.1) is 52.1 Å². The number of sulfonamides is 1. The second-order valence-corrected chi connectivity index (χ2v) is 20.4. The van der Waals surface area contributed by atoms with Crippen molar-refractivity contribution in [2.24, 2.45) is 5.73 Å². The van der Waals surface area contributed by atoms with Crippen LogP contribution in [-0.4, -0.2) is 140 Å². The van der Waals surface area contributed by atoms with E-state index in [1.165, 1.54) is 59.6 Å². The number of benzene rings is 5. The molecular formula is C52H52BrClF2N12O8S. The van der Waals surface area contributed by atoms with Crippen LogP contribution in [0, 0.1) is 11.6 Å². The second kappa shape index (κ2) is 25.0. The number of hydrogen-bond donors (Lipinski definition) is 6. The number of nitrogens with two attached hydrogens (primary N) is 1. The number of amides is 3. The Kier molecular flexibility index (Phi) is 18.1. The first-order valence-electron chi connectivity index (χ1n) is 24.0. The highest BCUT2D eigenvalue weighted by molar-refractivity contribution is 9.10. The van der Waals surface area contributed by atoms with E-state index in [4.69, 9.17) is 31.8 Å². The van der Waals surface area contributed by atoms with Gasteiger partial charge in [0.15, 0.2) is 5.82 Å². The van der Waals surface area contributed by atoms with Crippen LogP contribution in [0.1, 0.15) is 16.8 Å². The average Bonchev–Trinajstić information content (AvgIpc) is 3.41. The molecule has 1 aliphatic rings. The Morgan fingerprint density at radius 3 is 2.38 bits per heavy atom. The number of phenolic OH excluding ortho intramolecular Hbond substituents is 1. The number of carbonyl (C=O) groups is 3. The van der Waals surface area contributed by atoms with Gasteiger partial charge in [-0.2, -0.15) is 9.97 Å². The molecule has 77 heavy (non-hydrogen) atoms. The lowest BCUT2D eigenvalue weighted by atomic mass is 9.96. The fourth-order valence-electron chi connectivity index (χ4n) is 8.34. The molecule has 0 unspecified atom stereocenters. The molecule has 0 saturated carbocycles. The summed E-state index contributed by atoms with van der Waals surface area (Å²) in [6.45, 7) is 6.12. The lowest BCUT2D eigenvalue weighted by molar-refractivity contribution is -0.130. The predicted octanol–water partition coefficient (Wildman–Crippen LogP) is 7.33. The van der Waals surface area contributed by atoms with E-state index in [1.54, 1.807) is 24.1 Å². The summed E-state index contributed by atoms with van der Waals surface area (Å²) >= 11 is 10.2. The maximum Gasteiger partial charge on any atom is 0.253 e. The number of aromatic nitrogens is 4. The van der Waals surface area contributed by atoms with Crippen LogP contribution in [0.25, 0.3) is 32.8 Å². The third-order valence-electron chi connectivity index (χ3n) is 12.3. The number of halogens is 4. The van der Waals surface area contributed by atoms with Gasteiger partial charge in [-0.15, -0.1) is 0 Å². The molecule has 7 aromatic rings. The van der Waals surface area contributed by atoms with Crippen LogP contribution >= 0.6 is 27.5 Å². The number of hydrogen-bond acceptors (Lipinski definition) is 16. The van der Waals surface area contributed by atoms with Gasteiger partial charge in [0.25, 0.3) is 5.91 Å². The van der Waals surface area contributed by atoms with Crippen LogP contribution in [0.4, 0.5) is 43.7 Å². The first kappa shape index (κ1) is 55.6. The minimum atomic E-state index is -3.89. The molecule has 0 bridgehead atoms. The van der Waals surface area contributed by atoms with Crippen molar-refractivity contribution in [3.63, 3.8) is 0 Å². The van der Waals surface area contributed by atoms with Crippen LogP contribution < -0.4 is 31.3 Å². The highest BCUT2D eigenvalue weighted by Gasteiger charge is 2.27. The molecule has 0 aliphatic carbocycles. The van der Waals surface area contributed by atoms with E-state index >= 15 is 4.39 Å². The Morgan fingerprint density at radius 2 is 1.64 bits per heavy atom. The van der Waals surface area contributed by atoms with E-state index in [0.717, 1.165) is 6.07 Å². The standard InChI is InChI=1S/C52H52BrClF2N12O8S/c1-3-42(70)67-18-20-68(21-19-67)50-37-29-39(54)44(36-28-33(69)27-31-7-4-5-8-35(31)36)46(56)47(37)63-51(65-50)58-16-15-43(71)66(2)22-24-76-26-25-75-23-17-60-77(73,74)34-13-11-32(12-14-34)61-52-59-30-38(53)49(64-52)62-41-10-6-9-40(55)45(41)48(57)72/h3-14,27-30,60,69H,1,15-26H2,2H3,(H2,57,72)(H,58,63,65)(H2,59,61,62,64). The van der Waals surface area contributed by atoms with Crippen LogP contribution in [0.5, 0.6) is 5.75 Å². The number of rotatable bonds is 23. The number of nitrogens with one attached hydrogen (secondary N) is 4.